The Morgan fingerprint density at radius 3 is 2.75 bits per heavy atom. The van der Waals surface area contributed by atoms with Crippen LogP contribution in [0.15, 0.2) is 17.5 Å². The molecular formula is C15H21N3OS. The van der Waals surface area contributed by atoms with Crippen molar-refractivity contribution in [2.24, 2.45) is 0 Å². The van der Waals surface area contributed by atoms with Crippen LogP contribution in [-0.4, -0.2) is 16.5 Å². The largest absolute Gasteiger partial charge is 0.484 e. The minimum absolute atomic E-state index is 0.504. The third-order valence-electron chi connectivity index (χ3n) is 2.81. The number of pyridine rings is 1. The van der Waals surface area contributed by atoms with Gasteiger partial charge in [-0.15, -0.1) is 11.3 Å². The summed E-state index contributed by atoms with van der Waals surface area (Å²) < 4.78 is 5.87. The fourth-order valence-electron chi connectivity index (χ4n) is 1.85. The molecule has 0 fully saturated rings. The van der Waals surface area contributed by atoms with Crippen LogP contribution < -0.4 is 10.1 Å². The lowest BCUT2D eigenvalue weighted by Gasteiger charge is -2.11. The molecule has 0 atom stereocenters. The fraction of sp³-hybridized carbons (Fsp3) is 0.467. The topological polar surface area (TPSA) is 47.0 Å². The molecule has 1 N–H and O–H groups in total. The van der Waals surface area contributed by atoms with Crippen molar-refractivity contribution in [2.75, 3.05) is 6.54 Å². The maximum atomic E-state index is 5.87. The molecule has 0 saturated carbocycles. The number of aryl methyl sites for hydroxylation is 2. The lowest BCUT2D eigenvalue weighted by atomic mass is 10.2. The Hall–Kier alpha value is -1.46. The molecule has 0 saturated heterocycles. The van der Waals surface area contributed by atoms with Crippen molar-refractivity contribution in [3.63, 3.8) is 0 Å². The van der Waals surface area contributed by atoms with E-state index in [0.29, 0.717) is 6.61 Å². The van der Waals surface area contributed by atoms with E-state index < -0.39 is 0 Å². The van der Waals surface area contributed by atoms with Gasteiger partial charge in [0.1, 0.15) is 17.4 Å². The van der Waals surface area contributed by atoms with E-state index in [1.807, 2.05) is 31.4 Å². The maximum Gasteiger partial charge on any atom is 0.142 e. The van der Waals surface area contributed by atoms with Gasteiger partial charge in [0.15, 0.2) is 0 Å². The molecule has 0 spiro atoms. The number of rotatable bonds is 7. The molecule has 0 aliphatic heterocycles. The first-order valence-corrected chi connectivity index (χ1v) is 7.78. The normalized spacial score (nSPS) is 10.8. The van der Waals surface area contributed by atoms with E-state index in [-0.39, 0.29) is 0 Å². The van der Waals surface area contributed by atoms with Crippen LogP contribution in [0.5, 0.6) is 5.75 Å². The molecule has 2 rings (SSSR count). The summed E-state index contributed by atoms with van der Waals surface area (Å²) >= 11 is 1.63. The zero-order chi connectivity index (χ0) is 14.4. The van der Waals surface area contributed by atoms with Crippen molar-refractivity contribution < 1.29 is 4.74 Å². The molecule has 5 heteroatoms. The number of ether oxygens (including phenoxy) is 1. The molecule has 2 aromatic rings. The monoisotopic (exact) mass is 291 g/mol. The maximum absolute atomic E-state index is 5.87. The Morgan fingerprint density at radius 2 is 2.05 bits per heavy atom. The first kappa shape index (κ1) is 14.9. The second-order valence-corrected chi connectivity index (χ2v) is 5.69. The van der Waals surface area contributed by atoms with E-state index in [1.165, 1.54) is 0 Å². The molecule has 4 nitrogen and oxygen atoms in total. The average Bonchev–Trinajstić information content (AvgIpc) is 2.84. The van der Waals surface area contributed by atoms with Gasteiger partial charge < -0.3 is 10.1 Å². The summed E-state index contributed by atoms with van der Waals surface area (Å²) in [7, 11) is 0. The first-order chi connectivity index (χ1) is 9.69. The Bertz CT molecular complexity index is 554. The Balaban J connectivity index is 2.01. The van der Waals surface area contributed by atoms with Gasteiger partial charge in [-0.1, -0.05) is 6.92 Å². The number of aromatic nitrogens is 2. The SMILES string of the molecule is CCCNCc1nc(C)ccc1OCc1nc(C)cs1. The van der Waals surface area contributed by atoms with E-state index in [1.54, 1.807) is 11.3 Å². The van der Waals surface area contributed by atoms with Crippen LogP contribution in [0.1, 0.15) is 35.4 Å². The van der Waals surface area contributed by atoms with Crippen molar-refractivity contribution in [2.45, 2.75) is 40.3 Å². The second-order valence-electron chi connectivity index (χ2n) is 4.75. The number of thiazole rings is 1. The van der Waals surface area contributed by atoms with E-state index >= 15 is 0 Å². The molecule has 108 valence electrons. The van der Waals surface area contributed by atoms with Crippen molar-refractivity contribution in [1.82, 2.24) is 15.3 Å². The van der Waals surface area contributed by atoms with Crippen molar-refractivity contribution >= 4 is 11.3 Å². The number of nitrogens with zero attached hydrogens (tertiary/aromatic N) is 2. The van der Waals surface area contributed by atoms with E-state index in [2.05, 4.69) is 22.2 Å². The first-order valence-electron chi connectivity index (χ1n) is 6.90. The minimum Gasteiger partial charge on any atom is -0.484 e. The predicted octanol–water partition coefficient (Wildman–Crippen LogP) is 3.23. The van der Waals surface area contributed by atoms with Crippen LogP contribution in [0, 0.1) is 13.8 Å². The van der Waals surface area contributed by atoms with Gasteiger partial charge in [-0.25, -0.2) is 4.98 Å². The molecule has 0 aromatic carbocycles. The Labute approximate surface area is 124 Å². The Morgan fingerprint density at radius 1 is 1.20 bits per heavy atom. The second kappa shape index (κ2) is 7.36. The molecule has 0 radical (unpaired) electrons. The van der Waals surface area contributed by atoms with E-state index in [9.17, 15) is 0 Å². The van der Waals surface area contributed by atoms with Crippen LogP contribution in [-0.2, 0) is 13.2 Å². The van der Waals surface area contributed by atoms with Crippen LogP contribution in [0.2, 0.25) is 0 Å². The van der Waals surface area contributed by atoms with Gasteiger partial charge in [0.05, 0.1) is 5.69 Å². The Kier molecular flexibility index (Phi) is 5.49. The van der Waals surface area contributed by atoms with Gasteiger partial charge in [0.25, 0.3) is 0 Å². The van der Waals surface area contributed by atoms with Crippen LogP contribution in [0.4, 0.5) is 0 Å². The lowest BCUT2D eigenvalue weighted by molar-refractivity contribution is 0.299. The van der Waals surface area contributed by atoms with E-state index in [0.717, 1.165) is 47.3 Å². The molecule has 0 bridgehead atoms. The van der Waals surface area contributed by atoms with Crippen molar-refractivity contribution in [3.05, 3.63) is 39.6 Å². The summed E-state index contributed by atoms with van der Waals surface area (Å²) in [6.45, 7) is 8.37. The highest BCUT2D eigenvalue weighted by Crippen LogP contribution is 2.19. The zero-order valence-electron chi connectivity index (χ0n) is 12.3. The van der Waals surface area contributed by atoms with Gasteiger partial charge in [-0.3, -0.25) is 4.98 Å². The summed E-state index contributed by atoms with van der Waals surface area (Å²) in [5, 5.41) is 6.40. The summed E-state index contributed by atoms with van der Waals surface area (Å²) in [5.41, 5.74) is 3.02. The van der Waals surface area contributed by atoms with Gasteiger partial charge in [-0.2, -0.15) is 0 Å². The minimum atomic E-state index is 0.504. The van der Waals surface area contributed by atoms with Crippen molar-refractivity contribution in [1.29, 1.82) is 0 Å². The van der Waals surface area contributed by atoms with Crippen LogP contribution in [0.3, 0.4) is 0 Å². The highest BCUT2D eigenvalue weighted by Gasteiger charge is 2.07. The highest BCUT2D eigenvalue weighted by molar-refractivity contribution is 7.09. The third kappa shape index (κ3) is 4.28. The fourth-order valence-corrected chi connectivity index (χ4v) is 2.53. The lowest BCUT2D eigenvalue weighted by Crippen LogP contribution is -2.16. The highest BCUT2D eigenvalue weighted by atomic mass is 32.1. The van der Waals surface area contributed by atoms with Gasteiger partial charge in [-0.05, 0) is 38.9 Å². The zero-order valence-corrected chi connectivity index (χ0v) is 13.1. The summed E-state index contributed by atoms with van der Waals surface area (Å²) in [6.07, 6.45) is 1.11. The molecule has 2 heterocycles. The predicted molar refractivity (Wildman–Crippen MR) is 82.2 cm³/mol. The van der Waals surface area contributed by atoms with Gasteiger partial charge in [0.2, 0.25) is 0 Å². The van der Waals surface area contributed by atoms with Crippen LogP contribution >= 0.6 is 11.3 Å². The molecular weight excluding hydrogens is 270 g/mol. The molecule has 0 aliphatic carbocycles. The summed E-state index contributed by atoms with van der Waals surface area (Å²) in [4.78, 5) is 8.96. The molecule has 0 amide bonds. The summed E-state index contributed by atoms with van der Waals surface area (Å²) in [6, 6.07) is 3.97. The number of hydrogen-bond donors (Lipinski definition) is 1. The third-order valence-corrected chi connectivity index (χ3v) is 3.75. The van der Waals surface area contributed by atoms with Gasteiger partial charge in [0, 0.05) is 23.3 Å². The van der Waals surface area contributed by atoms with Crippen LogP contribution in [0.25, 0.3) is 0 Å². The average molecular weight is 291 g/mol. The quantitative estimate of drug-likeness (QED) is 0.796. The standard InChI is InChI=1S/C15H21N3OS/c1-4-7-16-8-13-14(6-5-11(2)17-13)19-9-15-18-12(3)10-20-15/h5-6,10,16H,4,7-9H2,1-3H3. The molecule has 20 heavy (non-hydrogen) atoms. The molecule has 0 unspecified atom stereocenters. The summed E-state index contributed by atoms with van der Waals surface area (Å²) in [5.74, 6) is 0.840. The number of hydrogen-bond acceptors (Lipinski definition) is 5. The van der Waals surface area contributed by atoms with Crippen molar-refractivity contribution in [3.8, 4) is 5.75 Å². The van der Waals surface area contributed by atoms with Gasteiger partial charge >= 0.3 is 0 Å². The van der Waals surface area contributed by atoms with E-state index in [4.69, 9.17) is 4.74 Å². The molecule has 0 aliphatic rings. The smallest absolute Gasteiger partial charge is 0.142 e. The number of nitrogens with one attached hydrogen (secondary N) is 1. The molecule has 2 aromatic heterocycles.